The number of methoxy groups -OCH3 is 3. The molecule has 3 aromatic carbocycles. The van der Waals surface area contributed by atoms with Gasteiger partial charge in [0.2, 0.25) is 12.5 Å². The number of nitrogens with one attached hydrogen (secondary N) is 1. The van der Waals surface area contributed by atoms with Gasteiger partial charge in [-0.2, -0.15) is 0 Å². The molecule has 1 aliphatic carbocycles. The van der Waals surface area contributed by atoms with Crippen LogP contribution < -0.4 is 29.0 Å². The Morgan fingerprint density at radius 3 is 2.30 bits per heavy atom. The van der Waals surface area contributed by atoms with E-state index >= 15 is 0 Å². The van der Waals surface area contributed by atoms with Crippen molar-refractivity contribution in [3.63, 3.8) is 0 Å². The van der Waals surface area contributed by atoms with Gasteiger partial charge in [-0.05, 0) is 91.0 Å². The fourth-order valence-electron chi connectivity index (χ4n) is 7.50. The topological polar surface area (TPSA) is 87.7 Å². The summed E-state index contributed by atoms with van der Waals surface area (Å²) in [5.41, 5.74) is 5.26. The number of hydrogen-bond acceptors (Lipinski definition) is 9. The molecule has 2 fully saturated rings. The van der Waals surface area contributed by atoms with Gasteiger partial charge in [0.25, 0.3) is 0 Å². The molecule has 9 heteroatoms. The number of esters is 1. The predicted molar refractivity (Wildman–Crippen MR) is 165 cm³/mol. The number of fused-ring (bicyclic) bond motifs is 3. The molecule has 232 valence electrons. The molecule has 4 aliphatic rings. The summed E-state index contributed by atoms with van der Waals surface area (Å²) in [7, 11) is 4.78. The Bertz CT molecular complexity index is 1510. The molecule has 4 atom stereocenters. The summed E-state index contributed by atoms with van der Waals surface area (Å²) < 4.78 is 34.5. The number of hydrogen-bond donors (Lipinski definition) is 1. The first kappa shape index (κ1) is 28.6. The van der Waals surface area contributed by atoms with Gasteiger partial charge in [0.1, 0.15) is 0 Å². The Labute approximate surface area is 258 Å². The maximum absolute atomic E-state index is 13.6. The van der Waals surface area contributed by atoms with Gasteiger partial charge < -0.3 is 38.6 Å². The number of carbonyl (C=O) groups is 1. The second kappa shape index (κ2) is 12.1. The molecule has 9 nitrogen and oxygen atoms in total. The van der Waals surface area contributed by atoms with Gasteiger partial charge in [-0.15, -0.1) is 0 Å². The highest BCUT2D eigenvalue weighted by Crippen LogP contribution is 2.56. The third-order valence-corrected chi connectivity index (χ3v) is 9.65. The first-order valence-corrected chi connectivity index (χ1v) is 15.6. The zero-order valence-corrected chi connectivity index (χ0v) is 25.6. The largest absolute Gasteiger partial charge is 0.493 e. The lowest BCUT2D eigenvalue weighted by atomic mass is 9.65. The zero-order valence-electron chi connectivity index (χ0n) is 25.6. The van der Waals surface area contributed by atoms with Crippen molar-refractivity contribution >= 4 is 11.7 Å². The van der Waals surface area contributed by atoms with Crippen LogP contribution in [0.1, 0.15) is 53.5 Å². The molecule has 0 amide bonds. The molecular formula is C35H40N2O7. The van der Waals surface area contributed by atoms with Gasteiger partial charge in [-0.1, -0.05) is 18.6 Å². The van der Waals surface area contributed by atoms with E-state index in [0.29, 0.717) is 35.4 Å². The number of benzene rings is 3. The van der Waals surface area contributed by atoms with Crippen molar-refractivity contribution < 1.29 is 33.2 Å². The van der Waals surface area contributed by atoms with Crippen LogP contribution in [0.3, 0.4) is 0 Å². The standard InChI is InChI=1S/C35H40N2O7/c1-39-29-15-22(16-30(40-2)34(29)41-3)31-24-17-27-28(44-20-43-27)18-25(24)33(26-19-42-35(38)32(26)31)36-23-9-7-8-21(14-23)10-13-37-11-5-4-6-12-37/h7-9,14-18,26,31-33,36H,4-6,10-13,19-20H2,1-3H3/t26-,31+,32-,33+/m0/s1. The third-order valence-electron chi connectivity index (χ3n) is 9.65. The number of nitrogens with zero attached hydrogens (tertiary/aromatic N) is 1. The third kappa shape index (κ3) is 5.17. The summed E-state index contributed by atoms with van der Waals surface area (Å²) in [5.74, 6) is 1.89. The lowest BCUT2D eigenvalue weighted by molar-refractivity contribution is -0.141. The van der Waals surface area contributed by atoms with E-state index in [0.717, 1.165) is 35.3 Å². The van der Waals surface area contributed by atoms with Crippen molar-refractivity contribution in [2.24, 2.45) is 11.8 Å². The van der Waals surface area contributed by atoms with E-state index in [4.69, 9.17) is 28.4 Å². The average Bonchev–Trinajstić information content (AvgIpc) is 3.69. The molecule has 0 saturated carbocycles. The van der Waals surface area contributed by atoms with E-state index in [-0.39, 0.29) is 30.6 Å². The minimum atomic E-state index is -0.425. The number of piperidine rings is 1. The summed E-state index contributed by atoms with van der Waals surface area (Å²) in [6.45, 7) is 3.95. The van der Waals surface area contributed by atoms with Gasteiger partial charge in [-0.3, -0.25) is 4.79 Å². The number of ether oxygens (including phenoxy) is 6. The molecule has 0 spiro atoms. The number of rotatable bonds is 9. The monoisotopic (exact) mass is 600 g/mol. The fourth-order valence-corrected chi connectivity index (χ4v) is 7.50. The SMILES string of the molecule is COc1cc([C@@H]2c3cc4c(cc3[C@@H](Nc3cccc(CCN5CCCCC5)c3)[C@H]3COC(=O)[C@H]23)OCO4)cc(OC)c1OC. The van der Waals surface area contributed by atoms with E-state index in [2.05, 4.69) is 40.5 Å². The number of likely N-dealkylation sites (tertiary alicyclic amines) is 1. The molecule has 0 aromatic heterocycles. The van der Waals surface area contributed by atoms with Crippen LogP contribution in [-0.2, 0) is 16.0 Å². The van der Waals surface area contributed by atoms with Crippen LogP contribution >= 0.6 is 0 Å². The Hall–Kier alpha value is -4.11. The number of cyclic esters (lactones) is 1. The van der Waals surface area contributed by atoms with Crippen LogP contribution in [0.5, 0.6) is 28.7 Å². The number of carbonyl (C=O) groups excluding carboxylic acids is 1. The molecule has 0 bridgehead atoms. The van der Waals surface area contributed by atoms with Crippen molar-refractivity contribution in [2.75, 3.05) is 59.7 Å². The van der Waals surface area contributed by atoms with E-state index in [9.17, 15) is 4.79 Å². The van der Waals surface area contributed by atoms with Crippen LogP contribution in [0.15, 0.2) is 48.5 Å². The molecule has 44 heavy (non-hydrogen) atoms. The van der Waals surface area contributed by atoms with Gasteiger partial charge in [0.05, 0.1) is 39.9 Å². The number of anilines is 1. The van der Waals surface area contributed by atoms with Crippen molar-refractivity contribution in [3.8, 4) is 28.7 Å². The van der Waals surface area contributed by atoms with Crippen molar-refractivity contribution in [1.82, 2.24) is 4.90 Å². The summed E-state index contributed by atoms with van der Waals surface area (Å²) in [6, 6.07) is 16.5. The molecular weight excluding hydrogens is 560 g/mol. The van der Waals surface area contributed by atoms with Gasteiger partial charge >= 0.3 is 5.97 Å². The molecule has 1 N–H and O–H groups in total. The van der Waals surface area contributed by atoms with Crippen molar-refractivity contribution in [3.05, 3.63) is 70.8 Å². The minimum absolute atomic E-state index is 0.114. The van der Waals surface area contributed by atoms with Crippen molar-refractivity contribution in [1.29, 1.82) is 0 Å². The summed E-state index contributed by atoms with van der Waals surface area (Å²) >= 11 is 0. The summed E-state index contributed by atoms with van der Waals surface area (Å²) in [4.78, 5) is 16.1. The van der Waals surface area contributed by atoms with E-state index in [1.807, 2.05) is 18.2 Å². The van der Waals surface area contributed by atoms with E-state index in [1.54, 1.807) is 21.3 Å². The van der Waals surface area contributed by atoms with Crippen LogP contribution in [-0.4, -0.2) is 65.2 Å². The smallest absolute Gasteiger partial charge is 0.310 e. The van der Waals surface area contributed by atoms with E-state index in [1.165, 1.54) is 37.9 Å². The normalized spacial score (nSPS) is 23.8. The zero-order chi connectivity index (χ0) is 30.2. The quantitative estimate of drug-likeness (QED) is 0.317. The Morgan fingerprint density at radius 2 is 1.59 bits per heavy atom. The second-order valence-electron chi connectivity index (χ2n) is 12.1. The minimum Gasteiger partial charge on any atom is -0.493 e. The molecule has 3 aliphatic heterocycles. The Morgan fingerprint density at radius 1 is 0.864 bits per heavy atom. The van der Waals surface area contributed by atoms with Gasteiger partial charge in [0.15, 0.2) is 23.0 Å². The molecule has 2 saturated heterocycles. The maximum Gasteiger partial charge on any atom is 0.310 e. The highest BCUT2D eigenvalue weighted by atomic mass is 16.7. The van der Waals surface area contributed by atoms with Crippen molar-refractivity contribution in [2.45, 2.75) is 37.6 Å². The highest BCUT2D eigenvalue weighted by molar-refractivity contribution is 5.79. The summed E-state index contributed by atoms with van der Waals surface area (Å²) in [6.07, 6.45) is 4.93. The second-order valence-corrected chi connectivity index (χ2v) is 12.1. The molecule has 0 radical (unpaired) electrons. The first-order chi connectivity index (χ1) is 21.6. The molecule has 7 rings (SSSR count). The van der Waals surface area contributed by atoms with Crippen LogP contribution in [0.2, 0.25) is 0 Å². The Balaban J connectivity index is 1.27. The Kier molecular flexibility index (Phi) is 7.89. The van der Waals surface area contributed by atoms with Gasteiger partial charge in [-0.25, -0.2) is 0 Å². The lowest BCUT2D eigenvalue weighted by Crippen LogP contribution is -2.37. The summed E-state index contributed by atoms with van der Waals surface area (Å²) in [5, 5.41) is 3.82. The van der Waals surface area contributed by atoms with Crippen LogP contribution in [0, 0.1) is 11.8 Å². The first-order valence-electron chi connectivity index (χ1n) is 15.6. The maximum atomic E-state index is 13.6. The highest BCUT2D eigenvalue weighted by Gasteiger charge is 2.52. The lowest BCUT2D eigenvalue weighted by Gasteiger charge is -2.40. The van der Waals surface area contributed by atoms with E-state index < -0.39 is 5.92 Å². The van der Waals surface area contributed by atoms with Gasteiger partial charge in [0, 0.05) is 24.1 Å². The fraction of sp³-hybridized carbons (Fsp3) is 0.457. The van der Waals surface area contributed by atoms with Crippen LogP contribution in [0.4, 0.5) is 5.69 Å². The molecule has 3 aromatic rings. The van der Waals surface area contributed by atoms with Crippen LogP contribution in [0.25, 0.3) is 0 Å². The molecule has 0 unspecified atom stereocenters. The average molecular weight is 601 g/mol. The predicted octanol–water partition coefficient (Wildman–Crippen LogP) is 5.56. The molecule has 3 heterocycles.